The molecule has 18 heavy (non-hydrogen) atoms. The third-order valence-electron chi connectivity index (χ3n) is 3.68. The molecule has 1 aromatic rings. The summed E-state index contributed by atoms with van der Waals surface area (Å²) >= 11 is 11.9. The fourth-order valence-corrected chi connectivity index (χ4v) is 2.84. The summed E-state index contributed by atoms with van der Waals surface area (Å²) in [7, 11) is 0. The summed E-state index contributed by atoms with van der Waals surface area (Å²) in [5.41, 5.74) is 0.131. The third kappa shape index (κ3) is 3.00. The van der Waals surface area contributed by atoms with Crippen LogP contribution in [0.4, 0.5) is 0 Å². The molecule has 1 fully saturated rings. The molecule has 1 N–H and O–H groups in total. The Bertz CT molecular complexity index is 414. The second-order valence-corrected chi connectivity index (χ2v) is 5.82. The largest absolute Gasteiger partial charge is 0.385 e. The Hall–Kier alpha value is -0.280. The van der Waals surface area contributed by atoms with Gasteiger partial charge in [-0.05, 0) is 43.5 Å². The quantitative estimate of drug-likeness (QED) is 0.917. The van der Waals surface area contributed by atoms with Gasteiger partial charge in [0.15, 0.2) is 0 Å². The first-order chi connectivity index (χ1) is 8.55. The van der Waals surface area contributed by atoms with Crippen molar-refractivity contribution in [2.75, 3.05) is 19.6 Å². The van der Waals surface area contributed by atoms with Crippen LogP contribution in [-0.4, -0.2) is 29.6 Å². The van der Waals surface area contributed by atoms with E-state index in [1.807, 2.05) is 6.07 Å². The topological polar surface area (TPSA) is 23.5 Å². The average molecular weight is 288 g/mol. The first-order valence-electron chi connectivity index (χ1n) is 6.45. The fraction of sp³-hybridized carbons (Fsp3) is 0.571. The van der Waals surface area contributed by atoms with Gasteiger partial charge in [0.1, 0.15) is 0 Å². The van der Waals surface area contributed by atoms with Crippen molar-refractivity contribution in [1.82, 2.24) is 4.90 Å². The highest BCUT2D eigenvalue weighted by atomic mass is 35.5. The van der Waals surface area contributed by atoms with Crippen LogP contribution >= 0.6 is 23.2 Å². The molecule has 0 radical (unpaired) electrons. The zero-order valence-electron chi connectivity index (χ0n) is 10.6. The molecule has 0 amide bonds. The predicted octanol–water partition coefficient (Wildman–Crippen LogP) is 3.69. The molecule has 0 bridgehead atoms. The molecule has 2 rings (SSSR count). The van der Waals surface area contributed by atoms with Crippen LogP contribution in [0.5, 0.6) is 0 Å². The third-order valence-corrected chi connectivity index (χ3v) is 4.42. The number of nitrogens with zero attached hydrogens (tertiary/aromatic N) is 1. The number of benzene rings is 1. The smallest absolute Gasteiger partial charge is 0.0921 e. The number of hydrogen-bond donors (Lipinski definition) is 1. The average Bonchev–Trinajstić information content (AvgIpc) is 2.36. The minimum absolute atomic E-state index is 0.513. The van der Waals surface area contributed by atoms with Gasteiger partial charge in [0.05, 0.1) is 15.6 Å². The molecule has 2 nitrogen and oxygen atoms in total. The summed E-state index contributed by atoms with van der Waals surface area (Å²) in [4.78, 5) is 2.39. The number of piperidine rings is 1. The fourth-order valence-electron chi connectivity index (χ4n) is 2.54. The van der Waals surface area contributed by atoms with Crippen molar-refractivity contribution in [2.45, 2.75) is 31.8 Å². The summed E-state index contributed by atoms with van der Waals surface area (Å²) in [6.07, 6.45) is 2.67. The Morgan fingerprint density at radius 3 is 2.44 bits per heavy atom. The van der Waals surface area contributed by atoms with Crippen LogP contribution in [0.3, 0.4) is 0 Å². The molecule has 100 valence electrons. The molecule has 0 aromatic heterocycles. The van der Waals surface area contributed by atoms with Crippen LogP contribution in [0.25, 0.3) is 0 Å². The molecular formula is C14H19Cl2NO. The van der Waals surface area contributed by atoms with Crippen molar-refractivity contribution in [3.05, 3.63) is 33.8 Å². The molecule has 1 aliphatic rings. The van der Waals surface area contributed by atoms with Gasteiger partial charge < -0.3 is 10.0 Å². The molecule has 4 heteroatoms. The van der Waals surface area contributed by atoms with E-state index in [0.29, 0.717) is 10.0 Å². The summed E-state index contributed by atoms with van der Waals surface area (Å²) in [5, 5.41) is 11.8. The van der Waals surface area contributed by atoms with E-state index in [-0.39, 0.29) is 0 Å². The van der Waals surface area contributed by atoms with Crippen LogP contribution < -0.4 is 0 Å². The van der Waals surface area contributed by atoms with Gasteiger partial charge in [-0.3, -0.25) is 0 Å². The molecule has 1 aromatic carbocycles. The monoisotopic (exact) mass is 287 g/mol. The second kappa shape index (κ2) is 5.79. The van der Waals surface area contributed by atoms with Crippen molar-refractivity contribution in [1.29, 1.82) is 0 Å². The lowest BCUT2D eigenvalue weighted by Crippen LogP contribution is -2.42. The van der Waals surface area contributed by atoms with Crippen molar-refractivity contribution < 1.29 is 5.11 Å². The summed E-state index contributed by atoms with van der Waals surface area (Å²) in [5.74, 6) is 0. The molecule has 0 saturated carbocycles. The van der Waals surface area contributed by atoms with Crippen LogP contribution in [0.2, 0.25) is 10.0 Å². The Morgan fingerprint density at radius 1 is 1.22 bits per heavy atom. The van der Waals surface area contributed by atoms with Crippen LogP contribution in [0.15, 0.2) is 18.2 Å². The van der Waals surface area contributed by atoms with Gasteiger partial charge in [0.25, 0.3) is 0 Å². The van der Waals surface area contributed by atoms with Gasteiger partial charge in [0, 0.05) is 13.1 Å². The molecule has 0 unspecified atom stereocenters. The molecule has 1 aliphatic heterocycles. The first kappa shape index (κ1) is 14.1. The first-order valence-corrected chi connectivity index (χ1v) is 7.21. The minimum Gasteiger partial charge on any atom is -0.385 e. The van der Waals surface area contributed by atoms with Gasteiger partial charge in [-0.25, -0.2) is 0 Å². The lowest BCUT2D eigenvalue weighted by atomic mass is 9.84. The standard InChI is InChI=1S/C14H19Cl2NO/c1-2-7-17-8-5-14(18,6-9-17)11-3-4-12(15)13(16)10-11/h3-4,10,18H,2,5-9H2,1H3. The van der Waals surface area contributed by atoms with E-state index in [0.717, 1.165) is 44.5 Å². The highest BCUT2D eigenvalue weighted by Gasteiger charge is 2.33. The Balaban J connectivity index is 2.10. The van der Waals surface area contributed by atoms with E-state index in [2.05, 4.69) is 11.8 Å². The molecule has 0 aliphatic carbocycles. The van der Waals surface area contributed by atoms with Crippen molar-refractivity contribution in [3.8, 4) is 0 Å². The number of likely N-dealkylation sites (tertiary alicyclic amines) is 1. The molecule has 0 spiro atoms. The van der Waals surface area contributed by atoms with E-state index in [9.17, 15) is 5.11 Å². The lowest BCUT2D eigenvalue weighted by Gasteiger charge is -2.38. The van der Waals surface area contributed by atoms with E-state index < -0.39 is 5.60 Å². The van der Waals surface area contributed by atoms with Crippen LogP contribution in [0, 0.1) is 0 Å². The maximum Gasteiger partial charge on any atom is 0.0921 e. The Labute approximate surface area is 119 Å². The SMILES string of the molecule is CCCN1CCC(O)(c2ccc(Cl)c(Cl)c2)CC1. The molecule has 1 saturated heterocycles. The number of rotatable bonds is 3. The maximum absolute atomic E-state index is 10.7. The van der Waals surface area contributed by atoms with Gasteiger partial charge in [-0.15, -0.1) is 0 Å². The van der Waals surface area contributed by atoms with Crippen molar-refractivity contribution >= 4 is 23.2 Å². The number of aliphatic hydroxyl groups is 1. The Morgan fingerprint density at radius 2 is 1.89 bits per heavy atom. The zero-order valence-corrected chi connectivity index (χ0v) is 12.1. The van der Waals surface area contributed by atoms with Crippen molar-refractivity contribution in [3.63, 3.8) is 0 Å². The molecular weight excluding hydrogens is 269 g/mol. The van der Waals surface area contributed by atoms with Crippen LogP contribution in [-0.2, 0) is 5.60 Å². The van der Waals surface area contributed by atoms with Crippen molar-refractivity contribution in [2.24, 2.45) is 0 Å². The zero-order chi connectivity index (χ0) is 13.2. The highest BCUT2D eigenvalue weighted by Crippen LogP contribution is 2.35. The van der Waals surface area contributed by atoms with Crippen LogP contribution in [0.1, 0.15) is 31.7 Å². The van der Waals surface area contributed by atoms with E-state index in [1.54, 1.807) is 12.1 Å². The summed E-state index contributed by atoms with van der Waals surface area (Å²) in [6, 6.07) is 5.43. The van der Waals surface area contributed by atoms with Gasteiger partial charge in [-0.2, -0.15) is 0 Å². The summed E-state index contributed by atoms with van der Waals surface area (Å²) < 4.78 is 0. The lowest BCUT2D eigenvalue weighted by molar-refractivity contribution is -0.0257. The van der Waals surface area contributed by atoms with Gasteiger partial charge >= 0.3 is 0 Å². The van der Waals surface area contributed by atoms with Gasteiger partial charge in [0.2, 0.25) is 0 Å². The van der Waals surface area contributed by atoms with E-state index in [4.69, 9.17) is 23.2 Å². The second-order valence-electron chi connectivity index (χ2n) is 5.00. The normalized spacial score (nSPS) is 20.0. The Kier molecular flexibility index (Phi) is 4.54. The number of hydrogen-bond acceptors (Lipinski definition) is 2. The minimum atomic E-state index is -0.752. The van der Waals surface area contributed by atoms with E-state index >= 15 is 0 Å². The maximum atomic E-state index is 10.7. The summed E-state index contributed by atoms with van der Waals surface area (Å²) in [6.45, 7) is 5.16. The van der Waals surface area contributed by atoms with Gasteiger partial charge in [-0.1, -0.05) is 36.2 Å². The van der Waals surface area contributed by atoms with E-state index in [1.165, 1.54) is 0 Å². The predicted molar refractivity (Wildman–Crippen MR) is 76.3 cm³/mol. The number of halogens is 2. The highest BCUT2D eigenvalue weighted by molar-refractivity contribution is 6.42. The molecule has 1 heterocycles. The molecule has 0 atom stereocenters.